The summed E-state index contributed by atoms with van der Waals surface area (Å²) in [5.41, 5.74) is 6.34. The molecule has 4 unspecified atom stereocenters. The Morgan fingerprint density at radius 2 is 1.75 bits per heavy atom. The molecule has 0 saturated heterocycles. The van der Waals surface area contributed by atoms with Gasteiger partial charge >= 0.3 is 0 Å². The van der Waals surface area contributed by atoms with E-state index in [2.05, 4.69) is 18.9 Å². The molecule has 2 nitrogen and oxygen atoms in total. The van der Waals surface area contributed by atoms with E-state index in [0.717, 1.165) is 11.8 Å². The highest BCUT2D eigenvalue weighted by molar-refractivity contribution is 4.89. The summed E-state index contributed by atoms with van der Waals surface area (Å²) in [6.45, 7) is 3.65. The average molecular weight is 224 g/mol. The zero-order valence-electron chi connectivity index (χ0n) is 11.0. The highest BCUT2D eigenvalue weighted by Gasteiger charge is 2.35. The Bertz CT molecular complexity index is 217. The van der Waals surface area contributed by atoms with Crippen molar-refractivity contribution < 1.29 is 0 Å². The lowest BCUT2D eigenvalue weighted by molar-refractivity contribution is 0.173. The Balaban J connectivity index is 1.83. The van der Waals surface area contributed by atoms with E-state index in [1.165, 1.54) is 51.5 Å². The fraction of sp³-hybridized carbons (Fsp3) is 1.00. The van der Waals surface area contributed by atoms with Crippen molar-refractivity contribution in [3.63, 3.8) is 0 Å². The Morgan fingerprint density at radius 1 is 1.12 bits per heavy atom. The van der Waals surface area contributed by atoms with Gasteiger partial charge in [-0.3, -0.25) is 0 Å². The molecular weight excluding hydrogens is 196 g/mol. The average Bonchev–Trinajstić information content (AvgIpc) is 2.88. The Morgan fingerprint density at radius 3 is 2.38 bits per heavy atom. The van der Waals surface area contributed by atoms with Crippen LogP contribution in [0.15, 0.2) is 0 Å². The summed E-state index contributed by atoms with van der Waals surface area (Å²) >= 11 is 0. The van der Waals surface area contributed by atoms with Crippen molar-refractivity contribution in [1.29, 1.82) is 0 Å². The van der Waals surface area contributed by atoms with Gasteiger partial charge in [-0.25, -0.2) is 0 Å². The van der Waals surface area contributed by atoms with E-state index in [-0.39, 0.29) is 0 Å². The molecule has 4 atom stereocenters. The number of rotatable bonds is 3. The molecule has 2 aliphatic rings. The first-order chi connectivity index (χ1) is 7.68. The quantitative estimate of drug-likeness (QED) is 0.798. The molecule has 2 fully saturated rings. The molecule has 2 aliphatic carbocycles. The van der Waals surface area contributed by atoms with E-state index in [9.17, 15) is 0 Å². The van der Waals surface area contributed by atoms with Crippen molar-refractivity contribution >= 4 is 0 Å². The van der Waals surface area contributed by atoms with Crippen molar-refractivity contribution in [2.75, 3.05) is 13.6 Å². The summed E-state index contributed by atoms with van der Waals surface area (Å²) < 4.78 is 0. The highest BCUT2D eigenvalue weighted by atomic mass is 15.2. The van der Waals surface area contributed by atoms with Gasteiger partial charge in [-0.05, 0) is 38.1 Å². The molecule has 0 aliphatic heterocycles. The largest absolute Gasteiger partial charge is 0.326 e. The zero-order chi connectivity index (χ0) is 11.5. The summed E-state index contributed by atoms with van der Waals surface area (Å²) in [4.78, 5) is 2.56. The second-order valence-corrected chi connectivity index (χ2v) is 6.14. The topological polar surface area (TPSA) is 29.3 Å². The second-order valence-electron chi connectivity index (χ2n) is 6.14. The molecule has 94 valence electrons. The van der Waals surface area contributed by atoms with Gasteiger partial charge in [0, 0.05) is 18.6 Å². The maximum Gasteiger partial charge on any atom is 0.0244 e. The molecule has 0 bridgehead atoms. The second kappa shape index (κ2) is 5.50. The molecule has 2 heteroatoms. The highest BCUT2D eigenvalue weighted by Crippen LogP contribution is 2.38. The van der Waals surface area contributed by atoms with Gasteiger partial charge in [0.25, 0.3) is 0 Å². The smallest absolute Gasteiger partial charge is 0.0244 e. The molecule has 0 spiro atoms. The predicted octanol–water partition coefficient (Wildman–Crippen LogP) is 2.62. The Hall–Kier alpha value is -0.0800. The van der Waals surface area contributed by atoms with Crippen LogP contribution in [0.1, 0.15) is 51.9 Å². The van der Waals surface area contributed by atoms with Crippen LogP contribution >= 0.6 is 0 Å². The lowest BCUT2D eigenvalue weighted by atomic mass is 9.92. The van der Waals surface area contributed by atoms with Crippen LogP contribution < -0.4 is 5.73 Å². The number of nitrogens with zero attached hydrogens (tertiary/aromatic N) is 1. The van der Waals surface area contributed by atoms with Gasteiger partial charge in [-0.2, -0.15) is 0 Å². The third-order valence-corrected chi connectivity index (χ3v) is 4.65. The van der Waals surface area contributed by atoms with Gasteiger partial charge < -0.3 is 10.6 Å². The van der Waals surface area contributed by atoms with Crippen molar-refractivity contribution in [1.82, 2.24) is 4.90 Å². The maximum atomic E-state index is 6.34. The minimum atomic E-state index is 0.416. The summed E-state index contributed by atoms with van der Waals surface area (Å²) in [5, 5.41) is 0. The van der Waals surface area contributed by atoms with Gasteiger partial charge in [0.2, 0.25) is 0 Å². The van der Waals surface area contributed by atoms with Crippen LogP contribution in [0.5, 0.6) is 0 Å². The summed E-state index contributed by atoms with van der Waals surface area (Å²) in [6, 6.07) is 1.06. The predicted molar refractivity (Wildman–Crippen MR) is 69.4 cm³/mol. The van der Waals surface area contributed by atoms with Crippen molar-refractivity contribution in [3.05, 3.63) is 0 Å². The molecular formula is C14H28N2. The van der Waals surface area contributed by atoms with Crippen LogP contribution in [-0.2, 0) is 0 Å². The molecule has 16 heavy (non-hydrogen) atoms. The SMILES string of the molecule is CC1CC1CN(C)C1CCCCCCC1N. The van der Waals surface area contributed by atoms with Gasteiger partial charge in [0.15, 0.2) is 0 Å². The molecule has 0 heterocycles. The fourth-order valence-electron chi connectivity index (χ4n) is 3.20. The number of nitrogens with two attached hydrogens (primary N) is 1. The number of likely N-dealkylation sites (N-methyl/N-ethyl adjacent to an activating group) is 1. The van der Waals surface area contributed by atoms with E-state index in [4.69, 9.17) is 5.73 Å². The van der Waals surface area contributed by atoms with Gasteiger partial charge in [-0.15, -0.1) is 0 Å². The summed E-state index contributed by atoms with van der Waals surface area (Å²) in [5.74, 6) is 1.93. The van der Waals surface area contributed by atoms with Gasteiger partial charge in [-0.1, -0.05) is 32.6 Å². The first-order valence-electron chi connectivity index (χ1n) is 7.14. The van der Waals surface area contributed by atoms with Crippen molar-refractivity contribution in [2.24, 2.45) is 17.6 Å². The van der Waals surface area contributed by atoms with Gasteiger partial charge in [0.05, 0.1) is 0 Å². The van der Waals surface area contributed by atoms with Gasteiger partial charge in [0.1, 0.15) is 0 Å². The standard InChI is InChI=1S/C14H28N2/c1-11-9-12(11)10-16(2)14-8-6-4-3-5-7-13(14)15/h11-14H,3-10,15H2,1-2H3. The number of hydrogen-bond donors (Lipinski definition) is 1. The van der Waals surface area contributed by atoms with E-state index >= 15 is 0 Å². The third kappa shape index (κ3) is 3.21. The molecule has 0 aromatic rings. The van der Waals surface area contributed by atoms with Crippen LogP contribution in [0.3, 0.4) is 0 Å². The van der Waals surface area contributed by atoms with E-state index in [1.807, 2.05) is 0 Å². The first-order valence-corrected chi connectivity index (χ1v) is 7.14. The summed E-state index contributed by atoms with van der Waals surface area (Å²) in [7, 11) is 2.29. The Kier molecular flexibility index (Phi) is 4.26. The minimum absolute atomic E-state index is 0.416. The van der Waals surface area contributed by atoms with Crippen LogP contribution in [0.2, 0.25) is 0 Å². The van der Waals surface area contributed by atoms with Crippen LogP contribution in [0.4, 0.5) is 0 Å². The molecule has 0 aromatic heterocycles. The molecule has 0 aromatic carbocycles. The molecule has 0 radical (unpaired) electrons. The Labute approximate surface area is 101 Å². The van der Waals surface area contributed by atoms with Crippen LogP contribution in [0.25, 0.3) is 0 Å². The molecule has 2 saturated carbocycles. The summed E-state index contributed by atoms with van der Waals surface area (Å²) in [6.07, 6.45) is 9.51. The maximum absolute atomic E-state index is 6.34. The van der Waals surface area contributed by atoms with Crippen molar-refractivity contribution in [3.8, 4) is 0 Å². The van der Waals surface area contributed by atoms with E-state index in [0.29, 0.717) is 12.1 Å². The minimum Gasteiger partial charge on any atom is -0.326 e. The number of hydrogen-bond acceptors (Lipinski definition) is 2. The lowest BCUT2D eigenvalue weighted by Crippen LogP contribution is -2.47. The normalized spacial score (nSPS) is 40.5. The molecule has 2 rings (SSSR count). The van der Waals surface area contributed by atoms with Crippen LogP contribution in [0, 0.1) is 11.8 Å². The van der Waals surface area contributed by atoms with E-state index in [1.54, 1.807) is 0 Å². The van der Waals surface area contributed by atoms with E-state index < -0.39 is 0 Å². The zero-order valence-corrected chi connectivity index (χ0v) is 11.0. The fourth-order valence-corrected chi connectivity index (χ4v) is 3.20. The molecule has 2 N–H and O–H groups in total. The first kappa shape index (κ1) is 12.4. The van der Waals surface area contributed by atoms with Crippen molar-refractivity contribution in [2.45, 2.75) is 64.0 Å². The molecule has 0 amide bonds. The third-order valence-electron chi connectivity index (χ3n) is 4.65. The monoisotopic (exact) mass is 224 g/mol. The van der Waals surface area contributed by atoms with Crippen LogP contribution in [-0.4, -0.2) is 30.6 Å². The lowest BCUT2D eigenvalue weighted by Gasteiger charge is -2.34.